The second-order valence-electron chi connectivity index (χ2n) is 7.00. The first-order valence-electron chi connectivity index (χ1n) is 9.37. The first kappa shape index (κ1) is 24.6. The largest absolute Gasteiger partial charge is 0.390 e. The normalized spacial score (nSPS) is 18.0. The Bertz CT molecular complexity index is 672. The Morgan fingerprint density at radius 1 is 1.33 bits per heavy atom. The molecule has 0 spiro atoms. The molecule has 3 N–H and O–H groups in total. The van der Waals surface area contributed by atoms with Crippen molar-refractivity contribution in [1.29, 1.82) is 0 Å². The number of hydrogen-bond donors (Lipinski definition) is 3. The third kappa shape index (κ3) is 7.51. The van der Waals surface area contributed by atoms with Gasteiger partial charge in [-0.1, -0.05) is 25.8 Å². The molecular formula is C18H32IN3O3S2. The van der Waals surface area contributed by atoms with Crippen LogP contribution in [0.15, 0.2) is 26.7 Å². The van der Waals surface area contributed by atoms with Gasteiger partial charge in [0.2, 0.25) is 0 Å². The molecule has 27 heavy (non-hydrogen) atoms. The molecule has 1 aromatic rings. The number of nitrogens with one attached hydrogen (secondary N) is 2. The zero-order chi connectivity index (χ0) is 19.0. The molecule has 0 aliphatic heterocycles. The highest BCUT2D eigenvalue weighted by atomic mass is 127. The van der Waals surface area contributed by atoms with E-state index in [1.807, 2.05) is 6.92 Å². The second-order valence-corrected chi connectivity index (χ2v) is 10.2. The van der Waals surface area contributed by atoms with E-state index in [9.17, 15) is 13.5 Å². The summed E-state index contributed by atoms with van der Waals surface area (Å²) in [7, 11) is -3.45. The number of sulfone groups is 1. The lowest BCUT2D eigenvalue weighted by atomic mass is 9.84. The molecule has 0 bridgehead atoms. The van der Waals surface area contributed by atoms with Crippen LogP contribution in [0.5, 0.6) is 0 Å². The SMILES string of the molecule is CCNC(=NCC1(CC)CCCC1)NCC(O)CS(=O)(=O)c1cccs1.I. The van der Waals surface area contributed by atoms with Gasteiger partial charge in [0.15, 0.2) is 15.8 Å². The predicted molar refractivity (Wildman–Crippen MR) is 123 cm³/mol. The van der Waals surface area contributed by atoms with Crippen LogP contribution in [-0.2, 0) is 9.84 Å². The summed E-state index contributed by atoms with van der Waals surface area (Å²) in [5, 5.41) is 18.1. The Balaban J connectivity index is 0.00000364. The number of hydrogen-bond acceptors (Lipinski definition) is 5. The minimum absolute atomic E-state index is 0. The monoisotopic (exact) mass is 529 g/mol. The van der Waals surface area contributed by atoms with Gasteiger partial charge in [0, 0.05) is 19.6 Å². The summed E-state index contributed by atoms with van der Waals surface area (Å²) in [4.78, 5) is 4.69. The number of halogens is 1. The highest BCUT2D eigenvalue weighted by molar-refractivity contribution is 14.0. The summed E-state index contributed by atoms with van der Waals surface area (Å²) in [6, 6.07) is 3.27. The van der Waals surface area contributed by atoms with E-state index in [0.29, 0.717) is 22.1 Å². The van der Waals surface area contributed by atoms with Crippen molar-refractivity contribution in [2.24, 2.45) is 10.4 Å². The maximum atomic E-state index is 12.2. The first-order valence-corrected chi connectivity index (χ1v) is 11.9. The van der Waals surface area contributed by atoms with Crippen LogP contribution in [0.1, 0.15) is 46.0 Å². The minimum atomic E-state index is -3.45. The molecule has 156 valence electrons. The standard InChI is InChI=1S/C18H31N3O3S2.HI/c1-3-18(9-5-6-10-18)14-21-17(19-4-2)20-12-15(22)13-26(23,24)16-8-7-11-25-16;/h7-8,11,15,22H,3-6,9-10,12-14H2,1-2H3,(H2,19,20,21);1H. The molecule has 1 heterocycles. The molecule has 1 unspecified atom stereocenters. The molecule has 1 fully saturated rings. The highest BCUT2D eigenvalue weighted by Crippen LogP contribution is 2.41. The van der Waals surface area contributed by atoms with E-state index in [0.717, 1.165) is 13.0 Å². The first-order chi connectivity index (χ1) is 12.4. The van der Waals surface area contributed by atoms with Crippen LogP contribution in [0.2, 0.25) is 0 Å². The average molecular weight is 530 g/mol. The van der Waals surface area contributed by atoms with Crippen LogP contribution >= 0.6 is 35.3 Å². The predicted octanol–water partition coefficient (Wildman–Crippen LogP) is 3.03. The highest BCUT2D eigenvalue weighted by Gasteiger charge is 2.31. The molecule has 2 rings (SSSR count). The molecule has 1 aromatic heterocycles. The summed E-state index contributed by atoms with van der Waals surface area (Å²) in [5.41, 5.74) is 0.295. The van der Waals surface area contributed by atoms with Gasteiger partial charge in [-0.3, -0.25) is 4.99 Å². The van der Waals surface area contributed by atoms with Crippen LogP contribution < -0.4 is 10.6 Å². The molecule has 0 saturated heterocycles. The Morgan fingerprint density at radius 3 is 2.59 bits per heavy atom. The van der Waals surface area contributed by atoms with Crippen LogP contribution in [-0.4, -0.2) is 51.0 Å². The average Bonchev–Trinajstić information content (AvgIpc) is 3.29. The molecule has 1 atom stereocenters. The lowest BCUT2D eigenvalue weighted by Gasteiger charge is -2.26. The van der Waals surface area contributed by atoms with Crippen molar-refractivity contribution in [1.82, 2.24) is 10.6 Å². The van der Waals surface area contributed by atoms with Gasteiger partial charge >= 0.3 is 0 Å². The number of aliphatic hydroxyl groups excluding tert-OH is 1. The van der Waals surface area contributed by atoms with Crippen molar-refractivity contribution in [3.63, 3.8) is 0 Å². The molecule has 1 aliphatic carbocycles. The van der Waals surface area contributed by atoms with E-state index in [1.165, 1.54) is 37.0 Å². The van der Waals surface area contributed by atoms with Gasteiger partial charge in [0.1, 0.15) is 4.21 Å². The zero-order valence-electron chi connectivity index (χ0n) is 16.1. The molecule has 0 aromatic carbocycles. The van der Waals surface area contributed by atoms with Gasteiger partial charge in [-0.2, -0.15) is 0 Å². The van der Waals surface area contributed by atoms with Crippen LogP contribution in [0.3, 0.4) is 0 Å². The van der Waals surface area contributed by atoms with E-state index < -0.39 is 15.9 Å². The number of thiophene rings is 1. The summed E-state index contributed by atoms with van der Waals surface area (Å²) in [5.74, 6) is 0.346. The lowest BCUT2D eigenvalue weighted by Crippen LogP contribution is -2.43. The minimum Gasteiger partial charge on any atom is -0.390 e. The summed E-state index contributed by atoms with van der Waals surface area (Å²) in [6.07, 6.45) is 5.11. The van der Waals surface area contributed by atoms with Gasteiger partial charge in [-0.15, -0.1) is 35.3 Å². The summed E-state index contributed by atoms with van der Waals surface area (Å²) in [6.45, 7) is 5.84. The molecule has 6 nitrogen and oxygen atoms in total. The molecular weight excluding hydrogens is 497 g/mol. The van der Waals surface area contributed by atoms with Crippen molar-refractivity contribution in [3.05, 3.63) is 17.5 Å². The van der Waals surface area contributed by atoms with Gasteiger partial charge in [-0.05, 0) is 43.0 Å². The van der Waals surface area contributed by atoms with E-state index >= 15 is 0 Å². The van der Waals surface area contributed by atoms with Crippen LogP contribution in [0.4, 0.5) is 0 Å². The quantitative estimate of drug-likeness (QED) is 0.260. The Hall–Kier alpha value is -0.390. The number of aliphatic hydroxyl groups is 1. The Morgan fingerprint density at radius 2 is 2.04 bits per heavy atom. The summed E-state index contributed by atoms with van der Waals surface area (Å²) < 4.78 is 24.8. The van der Waals surface area contributed by atoms with Gasteiger partial charge in [0.05, 0.1) is 11.9 Å². The number of nitrogens with zero attached hydrogens (tertiary/aromatic N) is 1. The number of rotatable bonds is 9. The number of aliphatic imine (C=N–C) groups is 1. The van der Waals surface area contributed by atoms with Gasteiger partial charge in [-0.25, -0.2) is 8.42 Å². The van der Waals surface area contributed by atoms with Crippen LogP contribution in [0, 0.1) is 5.41 Å². The maximum absolute atomic E-state index is 12.2. The lowest BCUT2D eigenvalue weighted by molar-refractivity contribution is 0.199. The Kier molecular flexibility index (Phi) is 10.6. The molecule has 1 saturated carbocycles. The fraction of sp³-hybridized carbons (Fsp3) is 0.722. The molecule has 1 aliphatic rings. The number of guanidine groups is 1. The van der Waals surface area contributed by atoms with E-state index in [2.05, 4.69) is 17.6 Å². The van der Waals surface area contributed by atoms with Crippen molar-refractivity contribution >= 4 is 51.1 Å². The third-order valence-electron chi connectivity index (χ3n) is 5.05. The molecule has 0 amide bonds. The van der Waals surface area contributed by atoms with Crippen molar-refractivity contribution in [2.45, 2.75) is 56.3 Å². The van der Waals surface area contributed by atoms with Crippen molar-refractivity contribution < 1.29 is 13.5 Å². The zero-order valence-corrected chi connectivity index (χ0v) is 20.1. The van der Waals surface area contributed by atoms with E-state index in [4.69, 9.17) is 4.99 Å². The van der Waals surface area contributed by atoms with Crippen molar-refractivity contribution in [3.8, 4) is 0 Å². The molecule has 9 heteroatoms. The second kappa shape index (κ2) is 11.6. The van der Waals surface area contributed by atoms with E-state index in [1.54, 1.807) is 17.5 Å². The summed E-state index contributed by atoms with van der Waals surface area (Å²) >= 11 is 1.17. The Labute approximate surface area is 184 Å². The topological polar surface area (TPSA) is 90.8 Å². The fourth-order valence-corrected chi connectivity index (χ4v) is 5.87. The van der Waals surface area contributed by atoms with Crippen LogP contribution in [0.25, 0.3) is 0 Å². The molecule has 0 radical (unpaired) electrons. The fourth-order valence-electron chi connectivity index (χ4n) is 3.39. The van der Waals surface area contributed by atoms with Gasteiger partial charge in [0.25, 0.3) is 0 Å². The van der Waals surface area contributed by atoms with Gasteiger partial charge < -0.3 is 15.7 Å². The smallest absolute Gasteiger partial charge is 0.191 e. The maximum Gasteiger partial charge on any atom is 0.191 e. The van der Waals surface area contributed by atoms with Crippen molar-refractivity contribution in [2.75, 3.05) is 25.4 Å². The third-order valence-corrected chi connectivity index (χ3v) is 8.33. The van der Waals surface area contributed by atoms with E-state index in [-0.39, 0.29) is 36.3 Å².